The standard InChI is InChI=1S/C11H18N2O4/c14-10(2-3-11(15)16)12-4-1-5-13-6-8-17-9-7-13/h2-3H,1,4-9H2,(H,12,14)(H,15,16)/b3-2+. The molecule has 6 heteroatoms. The third kappa shape index (κ3) is 6.70. The molecule has 0 aromatic carbocycles. The van der Waals surface area contributed by atoms with Gasteiger partial charge in [-0.25, -0.2) is 0 Å². The zero-order valence-electron chi connectivity index (χ0n) is 9.74. The van der Waals surface area contributed by atoms with E-state index in [0.717, 1.165) is 51.4 Å². The summed E-state index contributed by atoms with van der Waals surface area (Å²) in [4.78, 5) is 22.6. The molecule has 1 amide bonds. The van der Waals surface area contributed by atoms with Crippen molar-refractivity contribution in [2.75, 3.05) is 39.4 Å². The molecule has 0 aromatic heterocycles. The summed E-state index contributed by atoms with van der Waals surface area (Å²) in [6.45, 7) is 5.18. The topological polar surface area (TPSA) is 82.9 Å². The van der Waals surface area contributed by atoms with Crippen molar-refractivity contribution in [1.29, 1.82) is 0 Å². The van der Waals surface area contributed by atoms with Crippen LogP contribution in [0.2, 0.25) is 0 Å². The van der Waals surface area contributed by atoms with E-state index >= 15 is 0 Å². The Morgan fingerprint density at radius 2 is 2.00 bits per heavy atom. The molecule has 0 radical (unpaired) electrons. The van der Waals surface area contributed by atoms with Gasteiger partial charge in [-0.05, 0) is 6.08 Å². The van der Waals surface area contributed by atoms with Crippen molar-refractivity contribution in [1.82, 2.24) is 5.32 Å². The van der Waals surface area contributed by atoms with Crippen molar-refractivity contribution in [3.8, 4) is 0 Å². The number of rotatable bonds is 6. The highest BCUT2D eigenvalue weighted by Crippen LogP contribution is 1.78. The molecular weight excluding hydrogens is 224 g/mol. The van der Waals surface area contributed by atoms with Gasteiger partial charge in [-0.15, -0.1) is 0 Å². The number of carbonyl (C=O) groups is 2. The molecule has 1 heterocycles. The average Bonchev–Trinajstić information content (AvgIpc) is 2.33. The summed E-state index contributed by atoms with van der Waals surface area (Å²) < 4.78 is 5.24. The number of carboxylic acid groups (broad SMARTS) is 1. The molecule has 6 nitrogen and oxygen atoms in total. The Balaban J connectivity index is 2.03. The normalized spacial score (nSPS) is 17.2. The van der Waals surface area contributed by atoms with Crippen LogP contribution in [0.4, 0.5) is 0 Å². The van der Waals surface area contributed by atoms with Gasteiger partial charge in [0.2, 0.25) is 5.91 Å². The Kier molecular flexibility index (Phi) is 6.27. The first-order valence-corrected chi connectivity index (χ1v) is 5.76. The van der Waals surface area contributed by atoms with Crippen LogP contribution in [0.5, 0.6) is 0 Å². The maximum absolute atomic E-state index is 11.1. The molecule has 1 aliphatic rings. The highest BCUT2D eigenvalue weighted by Gasteiger charge is 2.12. The van der Waals surface area contributed by atoms with Crippen molar-refractivity contribution in [3.05, 3.63) is 12.2 Å². The van der Waals surface area contributed by atoms with Crippen LogP contribution in [-0.2, 0) is 14.3 Å². The van der Waals surface area contributed by atoms with Crippen molar-refractivity contribution >= 4 is 11.9 Å². The number of nitrogens with one attached hydrogen (secondary N) is 2. The van der Waals surface area contributed by atoms with Crippen LogP contribution in [0.25, 0.3) is 0 Å². The lowest BCUT2D eigenvalue weighted by molar-refractivity contribution is -0.908. The zero-order chi connectivity index (χ0) is 12.5. The monoisotopic (exact) mass is 242 g/mol. The van der Waals surface area contributed by atoms with E-state index in [4.69, 9.17) is 4.74 Å². The lowest BCUT2D eigenvalue weighted by Gasteiger charge is -2.23. The van der Waals surface area contributed by atoms with Gasteiger partial charge in [0.25, 0.3) is 0 Å². The van der Waals surface area contributed by atoms with Gasteiger partial charge in [0.05, 0.1) is 25.7 Å². The molecule has 17 heavy (non-hydrogen) atoms. The number of hydrogen-bond acceptors (Lipinski definition) is 4. The number of quaternary nitrogens is 1. The number of morpholine rings is 1. The predicted octanol–water partition coefficient (Wildman–Crippen LogP) is -3.29. The van der Waals surface area contributed by atoms with Gasteiger partial charge in [0.15, 0.2) is 0 Å². The van der Waals surface area contributed by atoms with Crippen molar-refractivity contribution in [2.24, 2.45) is 0 Å². The number of hydrogen-bond donors (Lipinski definition) is 2. The van der Waals surface area contributed by atoms with Crippen LogP contribution in [-0.4, -0.2) is 51.3 Å². The minimum atomic E-state index is -1.36. The maximum Gasteiger partial charge on any atom is 0.244 e. The van der Waals surface area contributed by atoms with Crippen LogP contribution in [0.3, 0.4) is 0 Å². The minimum Gasteiger partial charge on any atom is -0.545 e. The molecule has 0 bridgehead atoms. The van der Waals surface area contributed by atoms with Crippen molar-refractivity contribution < 1.29 is 24.3 Å². The number of carbonyl (C=O) groups excluding carboxylic acids is 2. The Hall–Kier alpha value is -1.40. The molecule has 1 aliphatic heterocycles. The van der Waals surface area contributed by atoms with E-state index in [1.54, 1.807) is 0 Å². The van der Waals surface area contributed by atoms with Crippen LogP contribution in [0.15, 0.2) is 12.2 Å². The first-order chi connectivity index (χ1) is 8.18. The van der Waals surface area contributed by atoms with Gasteiger partial charge in [-0.2, -0.15) is 0 Å². The predicted molar refractivity (Wildman–Crippen MR) is 58.2 cm³/mol. The Labute approximate surface area is 100 Å². The fourth-order valence-corrected chi connectivity index (χ4v) is 1.66. The van der Waals surface area contributed by atoms with Crippen LogP contribution in [0, 0.1) is 0 Å². The minimum absolute atomic E-state index is 0.397. The molecule has 0 spiro atoms. The summed E-state index contributed by atoms with van der Waals surface area (Å²) in [7, 11) is 0. The smallest absolute Gasteiger partial charge is 0.244 e. The first kappa shape index (κ1) is 13.7. The molecule has 0 saturated carbocycles. The van der Waals surface area contributed by atoms with Crippen LogP contribution < -0.4 is 15.3 Å². The summed E-state index contributed by atoms with van der Waals surface area (Å²) >= 11 is 0. The van der Waals surface area contributed by atoms with Gasteiger partial charge in [0, 0.05) is 19.0 Å². The fourth-order valence-electron chi connectivity index (χ4n) is 1.66. The van der Waals surface area contributed by atoms with Gasteiger partial charge in [0.1, 0.15) is 13.1 Å². The first-order valence-electron chi connectivity index (χ1n) is 5.76. The highest BCUT2D eigenvalue weighted by molar-refractivity contribution is 5.93. The number of amides is 1. The average molecular weight is 242 g/mol. The molecule has 2 N–H and O–H groups in total. The molecule has 1 fully saturated rings. The molecule has 0 aromatic rings. The molecular formula is C11H18N2O4. The SMILES string of the molecule is O=C([O-])/C=C/C(=O)NCCC[NH+]1CCOCC1. The summed E-state index contributed by atoms with van der Waals surface area (Å²) in [5, 5.41) is 12.7. The number of carboxylic acids is 1. The summed E-state index contributed by atoms with van der Waals surface area (Å²) in [5.41, 5.74) is 0. The van der Waals surface area contributed by atoms with E-state index in [-0.39, 0.29) is 0 Å². The zero-order valence-corrected chi connectivity index (χ0v) is 9.74. The molecule has 0 unspecified atom stereocenters. The van der Waals surface area contributed by atoms with E-state index in [1.165, 1.54) is 4.90 Å². The fraction of sp³-hybridized carbons (Fsp3) is 0.636. The Morgan fingerprint density at radius 3 is 2.65 bits per heavy atom. The molecule has 96 valence electrons. The molecule has 1 saturated heterocycles. The molecule has 1 rings (SSSR count). The molecule has 0 atom stereocenters. The second-order valence-corrected chi connectivity index (χ2v) is 3.91. The lowest BCUT2D eigenvalue weighted by Crippen LogP contribution is -3.14. The summed E-state index contributed by atoms with van der Waals surface area (Å²) in [6, 6.07) is 0. The van der Waals surface area contributed by atoms with Crippen molar-refractivity contribution in [3.63, 3.8) is 0 Å². The van der Waals surface area contributed by atoms with Gasteiger partial charge in [-0.3, -0.25) is 4.79 Å². The van der Waals surface area contributed by atoms with E-state index in [2.05, 4.69) is 5.32 Å². The summed E-state index contributed by atoms with van der Waals surface area (Å²) in [5.74, 6) is -1.76. The van der Waals surface area contributed by atoms with E-state index in [1.807, 2.05) is 0 Å². The van der Waals surface area contributed by atoms with Gasteiger partial charge >= 0.3 is 0 Å². The Morgan fingerprint density at radius 1 is 1.29 bits per heavy atom. The van der Waals surface area contributed by atoms with E-state index < -0.39 is 11.9 Å². The van der Waals surface area contributed by atoms with E-state index in [0.29, 0.717) is 6.54 Å². The second-order valence-electron chi connectivity index (χ2n) is 3.91. The van der Waals surface area contributed by atoms with Crippen LogP contribution >= 0.6 is 0 Å². The molecule has 0 aliphatic carbocycles. The number of aliphatic carboxylic acids is 1. The Bertz CT molecular complexity index is 285. The summed E-state index contributed by atoms with van der Waals surface area (Å²) in [6.07, 6.45) is 2.57. The second kappa shape index (κ2) is 7.81. The van der Waals surface area contributed by atoms with Crippen molar-refractivity contribution in [2.45, 2.75) is 6.42 Å². The number of ether oxygens (including phenoxy) is 1. The quantitative estimate of drug-likeness (QED) is 0.378. The van der Waals surface area contributed by atoms with Gasteiger partial charge in [-0.1, -0.05) is 0 Å². The van der Waals surface area contributed by atoms with E-state index in [9.17, 15) is 14.7 Å². The van der Waals surface area contributed by atoms with Gasteiger partial charge < -0.3 is 24.9 Å². The third-order valence-electron chi connectivity index (χ3n) is 2.58. The third-order valence-corrected chi connectivity index (χ3v) is 2.58. The van der Waals surface area contributed by atoms with Crippen LogP contribution in [0.1, 0.15) is 6.42 Å². The largest absolute Gasteiger partial charge is 0.545 e. The maximum atomic E-state index is 11.1. The highest BCUT2D eigenvalue weighted by atomic mass is 16.5. The lowest BCUT2D eigenvalue weighted by atomic mass is 10.3.